The Morgan fingerprint density at radius 2 is 1.56 bits per heavy atom. The number of para-hydroxylation sites is 1. The van der Waals surface area contributed by atoms with Gasteiger partial charge in [0.05, 0.1) is 17.5 Å². The van der Waals surface area contributed by atoms with Crippen LogP contribution in [0.15, 0.2) is 72.8 Å². The van der Waals surface area contributed by atoms with Crippen molar-refractivity contribution in [3.8, 4) is 5.69 Å². The highest BCUT2D eigenvalue weighted by molar-refractivity contribution is 5.98. The third-order valence-corrected chi connectivity index (χ3v) is 6.27. The molecule has 1 aromatic heterocycles. The summed E-state index contributed by atoms with van der Waals surface area (Å²) in [6, 6.07) is 21.6. The van der Waals surface area contributed by atoms with E-state index in [0.717, 1.165) is 28.1 Å². The lowest BCUT2D eigenvalue weighted by Gasteiger charge is -2.35. The minimum Gasteiger partial charge on any atom is -0.339 e. The van der Waals surface area contributed by atoms with Gasteiger partial charge in [-0.3, -0.25) is 14.2 Å². The number of carbonyl (C=O) groups is 2. The summed E-state index contributed by atoms with van der Waals surface area (Å²) in [5, 5.41) is 0. The lowest BCUT2D eigenvalue weighted by atomic mass is 10.1. The van der Waals surface area contributed by atoms with Gasteiger partial charge < -0.3 is 9.80 Å². The number of nitrogens with zero attached hydrogens (tertiary/aromatic N) is 4. The average Bonchev–Trinajstić information content (AvgIpc) is 3.20. The molecule has 1 saturated heterocycles. The maximum Gasteiger partial charge on any atom is 0.254 e. The fraction of sp³-hybridized carbons (Fsp3) is 0.222. The quantitative estimate of drug-likeness (QED) is 0.467. The van der Waals surface area contributed by atoms with E-state index >= 15 is 0 Å². The van der Waals surface area contributed by atoms with E-state index in [-0.39, 0.29) is 24.1 Å². The Morgan fingerprint density at radius 3 is 2.26 bits per heavy atom. The third-order valence-electron chi connectivity index (χ3n) is 6.27. The first kappa shape index (κ1) is 21.8. The zero-order chi connectivity index (χ0) is 23.7. The van der Waals surface area contributed by atoms with Crippen LogP contribution < -0.4 is 0 Å². The normalized spacial score (nSPS) is 13.9. The number of hydrogen-bond donors (Lipinski definition) is 0. The summed E-state index contributed by atoms with van der Waals surface area (Å²) >= 11 is 0. The largest absolute Gasteiger partial charge is 0.339 e. The van der Waals surface area contributed by atoms with Gasteiger partial charge in [-0.2, -0.15) is 0 Å². The number of benzene rings is 3. The molecule has 0 saturated carbocycles. The lowest BCUT2D eigenvalue weighted by molar-refractivity contribution is -0.131. The molecule has 2 amide bonds. The van der Waals surface area contributed by atoms with Crippen LogP contribution in [0.5, 0.6) is 0 Å². The molecule has 34 heavy (non-hydrogen) atoms. The fourth-order valence-corrected chi connectivity index (χ4v) is 4.47. The Bertz CT molecular complexity index is 1340. The van der Waals surface area contributed by atoms with Crippen molar-refractivity contribution in [2.75, 3.05) is 26.2 Å². The first-order chi connectivity index (χ1) is 16.5. The number of aromatic nitrogens is 2. The molecule has 3 aromatic carbocycles. The zero-order valence-electron chi connectivity index (χ0n) is 18.9. The van der Waals surface area contributed by atoms with Crippen molar-refractivity contribution in [2.45, 2.75) is 13.3 Å². The molecule has 0 aliphatic carbocycles. The number of fused-ring (bicyclic) bond motifs is 1. The Labute approximate surface area is 197 Å². The molecule has 0 radical (unpaired) electrons. The minimum absolute atomic E-state index is 0.0120. The van der Waals surface area contributed by atoms with Crippen molar-refractivity contribution in [3.05, 3.63) is 95.6 Å². The molecule has 7 heteroatoms. The predicted octanol–water partition coefficient (Wildman–Crippen LogP) is 4.00. The topological polar surface area (TPSA) is 58.4 Å². The van der Waals surface area contributed by atoms with Crippen LogP contribution in [-0.4, -0.2) is 57.3 Å². The highest BCUT2D eigenvalue weighted by atomic mass is 19.1. The molecule has 1 aliphatic rings. The minimum atomic E-state index is -0.316. The van der Waals surface area contributed by atoms with Crippen molar-refractivity contribution in [1.29, 1.82) is 0 Å². The molecule has 4 aromatic rings. The van der Waals surface area contributed by atoms with E-state index < -0.39 is 0 Å². The molecule has 5 rings (SSSR count). The van der Waals surface area contributed by atoms with Crippen LogP contribution in [0.1, 0.15) is 21.7 Å². The molecule has 172 valence electrons. The second kappa shape index (κ2) is 9.09. The molecule has 6 nitrogen and oxygen atoms in total. The molecular weight excluding hydrogens is 431 g/mol. The van der Waals surface area contributed by atoms with Gasteiger partial charge in [0.1, 0.15) is 11.6 Å². The van der Waals surface area contributed by atoms with Crippen LogP contribution in [0.2, 0.25) is 0 Å². The summed E-state index contributed by atoms with van der Waals surface area (Å²) < 4.78 is 15.2. The van der Waals surface area contributed by atoms with E-state index in [4.69, 9.17) is 0 Å². The molecule has 1 fully saturated rings. The summed E-state index contributed by atoms with van der Waals surface area (Å²) in [4.78, 5) is 34.0. The van der Waals surface area contributed by atoms with E-state index in [1.54, 1.807) is 21.9 Å². The summed E-state index contributed by atoms with van der Waals surface area (Å²) in [6.45, 7) is 3.87. The molecule has 0 N–H and O–H groups in total. The number of imidazole rings is 1. The van der Waals surface area contributed by atoms with Gasteiger partial charge in [-0.05, 0) is 55.0 Å². The number of hydrogen-bond acceptors (Lipinski definition) is 3. The van der Waals surface area contributed by atoms with Crippen LogP contribution in [0, 0.1) is 12.7 Å². The van der Waals surface area contributed by atoms with Crippen molar-refractivity contribution < 1.29 is 14.0 Å². The van der Waals surface area contributed by atoms with Gasteiger partial charge >= 0.3 is 0 Å². The number of carbonyl (C=O) groups excluding carboxylic acids is 2. The maximum atomic E-state index is 13.2. The lowest BCUT2D eigenvalue weighted by Crippen LogP contribution is -2.51. The molecular formula is C27H25FN4O2. The molecule has 1 aliphatic heterocycles. The summed E-state index contributed by atoms with van der Waals surface area (Å²) in [6.07, 6.45) is 0.230. The molecule has 0 bridgehead atoms. The van der Waals surface area contributed by atoms with Crippen molar-refractivity contribution in [1.82, 2.24) is 19.4 Å². The number of halogens is 1. The van der Waals surface area contributed by atoms with Gasteiger partial charge in [0.25, 0.3) is 5.91 Å². The molecule has 2 heterocycles. The number of aryl methyl sites for hydroxylation is 1. The van der Waals surface area contributed by atoms with E-state index in [2.05, 4.69) is 9.55 Å². The predicted molar refractivity (Wildman–Crippen MR) is 128 cm³/mol. The van der Waals surface area contributed by atoms with Crippen molar-refractivity contribution in [3.63, 3.8) is 0 Å². The first-order valence-corrected chi connectivity index (χ1v) is 11.4. The Hall–Kier alpha value is -4.00. The van der Waals surface area contributed by atoms with E-state index in [1.165, 1.54) is 12.1 Å². The van der Waals surface area contributed by atoms with Gasteiger partial charge in [0.15, 0.2) is 0 Å². The maximum absolute atomic E-state index is 13.2. The molecule has 0 spiro atoms. The van der Waals surface area contributed by atoms with Gasteiger partial charge in [-0.25, -0.2) is 9.37 Å². The summed E-state index contributed by atoms with van der Waals surface area (Å²) in [7, 11) is 0. The Kier molecular flexibility index (Phi) is 5.84. The van der Waals surface area contributed by atoms with Gasteiger partial charge in [0, 0.05) is 37.4 Å². The number of piperazine rings is 1. The van der Waals surface area contributed by atoms with Gasteiger partial charge in [-0.1, -0.05) is 30.3 Å². The summed E-state index contributed by atoms with van der Waals surface area (Å²) in [5.74, 6) is 0.476. The highest BCUT2D eigenvalue weighted by Crippen LogP contribution is 2.23. The Balaban J connectivity index is 1.26. The van der Waals surface area contributed by atoms with Crippen LogP contribution in [0.3, 0.4) is 0 Å². The SMILES string of the molecule is Cc1nc2cc(C(=O)N3CCN(C(=O)Cc4ccc(F)cc4)CC3)ccc2n1-c1ccccc1. The van der Waals surface area contributed by atoms with Crippen molar-refractivity contribution in [2.24, 2.45) is 0 Å². The third kappa shape index (κ3) is 4.29. The van der Waals surface area contributed by atoms with E-state index in [9.17, 15) is 14.0 Å². The van der Waals surface area contributed by atoms with Gasteiger partial charge in [-0.15, -0.1) is 0 Å². The zero-order valence-corrected chi connectivity index (χ0v) is 18.9. The standard InChI is InChI=1S/C27H25FN4O2/c1-19-29-24-18-21(9-12-25(24)32(19)23-5-3-2-4-6-23)27(34)31-15-13-30(14-16-31)26(33)17-20-7-10-22(28)11-8-20/h2-12,18H,13-17H2,1H3. The van der Waals surface area contributed by atoms with Crippen molar-refractivity contribution >= 4 is 22.8 Å². The smallest absolute Gasteiger partial charge is 0.254 e. The van der Waals surface area contributed by atoms with Crippen LogP contribution in [-0.2, 0) is 11.2 Å². The van der Waals surface area contributed by atoms with Crippen LogP contribution in [0.4, 0.5) is 4.39 Å². The fourth-order valence-electron chi connectivity index (χ4n) is 4.47. The van der Waals surface area contributed by atoms with E-state index in [1.807, 2.05) is 55.5 Å². The second-order valence-electron chi connectivity index (χ2n) is 8.51. The number of rotatable bonds is 4. The number of amides is 2. The molecule has 0 atom stereocenters. The molecule has 0 unspecified atom stereocenters. The van der Waals surface area contributed by atoms with Crippen LogP contribution in [0.25, 0.3) is 16.7 Å². The van der Waals surface area contributed by atoms with Gasteiger partial charge in [0.2, 0.25) is 5.91 Å². The average molecular weight is 457 g/mol. The highest BCUT2D eigenvalue weighted by Gasteiger charge is 2.25. The van der Waals surface area contributed by atoms with E-state index in [0.29, 0.717) is 31.7 Å². The Morgan fingerprint density at radius 1 is 0.882 bits per heavy atom. The first-order valence-electron chi connectivity index (χ1n) is 11.4. The van der Waals surface area contributed by atoms with Crippen LogP contribution >= 0.6 is 0 Å². The second-order valence-corrected chi connectivity index (χ2v) is 8.51. The monoisotopic (exact) mass is 456 g/mol. The summed E-state index contributed by atoms with van der Waals surface area (Å²) in [5.41, 5.74) is 4.14.